The lowest BCUT2D eigenvalue weighted by atomic mass is 10.1. The van der Waals surface area contributed by atoms with Crippen LogP contribution >= 0.6 is 0 Å². The Bertz CT molecular complexity index is 1000. The van der Waals surface area contributed by atoms with Crippen LogP contribution < -0.4 is 0 Å². The number of hydrogen-bond donors (Lipinski definition) is 0. The number of hydrogen-bond acceptors (Lipinski definition) is 3. The molecule has 0 bridgehead atoms. The van der Waals surface area contributed by atoms with Crippen LogP contribution in [0.1, 0.15) is 33.5 Å². The second-order valence-corrected chi connectivity index (χ2v) is 9.21. The van der Waals surface area contributed by atoms with Gasteiger partial charge in [0.25, 0.3) is 0 Å². The summed E-state index contributed by atoms with van der Waals surface area (Å²) in [5.74, 6) is 0. The number of nitrogens with zero attached hydrogens (tertiary/aromatic N) is 3. The summed E-state index contributed by atoms with van der Waals surface area (Å²) in [5, 5.41) is 0. The molecule has 1 saturated heterocycles. The van der Waals surface area contributed by atoms with E-state index in [0.29, 0.717) is 0 Å². The molecule has 2 aromatic carbocycles. The van der Waals surface area contributed by atoms with Crippen LogP contribution in [0, 0.1) is 20.8 Å². The highest BCUT2D eigenvalue weighted by Gasteiger charge is 2.15. The SMILES string of the molecule is Cc1cccc(Cn2cccc2CN(CCN2CCOCC2)Cc2cc(C)ccc2C)c1. The minimum Gasteiger partial charge on any atom is -0.379 e. The number of aromatic nitrogens is 1. The molecule has 4 heteroatoms. The molecule has 0 saturated carbocycles. The Morgan fingerprint density at radius 1 is 0.875 bits per heavy atom. The van der Waals surface area contributed by atoms with Crippen molar-refractivity contribution in [3.63, 3.8) is 0 Å². The first-order chi connectivity index (χ1) is 15.6. The van der Waals surface area contributed by atoms with Crippen LogP contribution in [-0.4, -0.2) is 53.8 Å². The van der Waals surface area contributed by atoms with Gasteiger partial charge in [-0.15, -0.1) is 0 Å². The largest absolute Gasteiger partial charge is 0.379 e. The van der Waals surface area contributed by atoms with Crippen LogP contribution in [-0.2, 0) is 24.4 Å². The van der Waals surface area contributed by atoms with Crippen molar-refractivity contribution in [1.82, 2.24) is 14.4 Å². The summed E-state index contributed by atoms with van der Waals surface area (Å²) >= 11 is 0. The fourth-order valence-electron chi connectivity index (χ4n) is 4.52. The molecule has 0 atom stereocenters. The third-order valence-electron chi connectivity index (χ3n) is 6.48. The second kappa shape index (κ2) is 11.0. The van der Waals surface area contributed by atoms with Crippen molar-refractivity contribution in [2.75, 3.05) is 39.4 Å². The van der Waals surface area contributed by atoms with E-state index in [2.05, 4.69) is 95.9 Å². The maximum atomic E-state index is 5.54. The van der Waals surface area contributed by atoms with E-state index in [-0.39, 0.29) is 0 Å². The molecular formula is C28H37N3O. The number of aryl methyl sites for hydroxylation is 3. The summed E-state index contributed by atoms with van der Waals surface area (Å²) in [6.45, 7) is 15.4. The molecule has 1 aliphatic rings. The summed E-state index contributed by atoms with van der Waals surface area (Å²) in [7, 11) is 0. The highest BCUT2D eigenvalue weighted by Crippen LogP contribution is 2.17. The van der Waals surface area contributed by atoms with E-state index in [9.17, 15) is 0 Å². The molecule has 0 spiro atoms. The molecule has 1 fully saturated rings. The van der Waals surface area contributed by atoms with Crippen molar-refractivity contribution in [1.29, 1.82) is 0 Å². The first kappa shape index (κ1) is 22.8. The summed E-state index contributed by atoms with van der Waals surface area (Å²) in [4.78, 5) is 5.14. The fraction of sp³-hybridized carbons (Fsp3) is 0.429. The van der Waals surface area contributed by atoms with Crippen LogP contribution in [0.5, 0.6) is 0 Å². The second-order valence-electron chi connectivity index (χ2n) is 9.21. The van der Waals surface area contributed by atoms with E-state index >= 15 is 0 Å². The Morgan fingerprint density at radius 2 is 1.69 bits per heavy atom. The van der Waals surface area contributed by atoms with Crippen molar-refractivity contribution in [3.05, 3.63) is 94.3 Å². The minimum absolute atomic E-state index is 0.857. The average Bonchev–Trinajstić information content (AvgIpc) is 3.21. The van der Waals surface area contributed by atoms with Crippen molar-refractivity contribution in [2.24, 2.45) is 0 Å². The smallest absolute Gasteiger partial charge is 0.0594 e. The van der Waals surface area contributed by atoms with E-state index < -0.39 is 0 Å². The molecule has 4 nitrogen and oxygen atoms in total. The van der Waals surface area contributed by atoms with Gasteiger partial charge in [-0.3, -0.25) is 9.80 Å². The lowest BCUT2D eigenvalue weighted by molar-refractivity contribution is 0.0323. The van der Waals surface area contributed by atoms with Crippen molar-refractivity contribution in [3.8, 4) is 0 Å². The topological polar surface area (TPSA) is 20.6 Å². The zero-order valence-electron chi connectivity index (χ0n) is 19.9. The van der Waals surface area contributed by atoms with Gasteiger partial charge in [0.05, 0.1) is 13.2 Å². The first-order valence-electron chi connectivity index (χ1n) is 11.8. The van der Waals surface area contributed by atoms with Gasteiger partial charge in [-0.05, 0) is 49.6 Å². The monoisotopic (exact) mass is 431 g/mol. The van der Waals surface area contributed by atoms with Gasteiger partial charge in [0, 0.05) is 57.7 Å². The quantitative estimate of drug-likeness (QED) is 0.486. The lowest BCUT2D eigenvalue weighted by Crippen LogP contribution is -2.41. The molecule has 0 radical (unpaired) electrons. The molecule has 2 heterocycles. The van der Waals surface area contributed by atoms with Crippen molar-refractivity contribution < 1.29 is 4.74 Å². The van der Waals surface area contributed by atoms with Crippen LogP contribution in [0.15, 0.2) is 60.8 Å². The number of rotatable bonds is 9. The summed E-state index contributed by atoms with van der Waals surface area (Å²) in [6.07, 6.45) is 2.22. The number of benzene rings is 2. The zero-order valence-corrected chi connectivity index (χ0v) is 19.9. The highest BCUT2D eigenvalue weighted by molar-refractivity contribution is 5.30. The van der Waals surface area contributed by atoms with E-state index in [0.717, 1.165) is 59.0 Å². The van der Waals surface area contributed by atoms with Gasteiger partial charge < -0.3 is 9.30 Å². The molecule has 1 aromatic heterocycles. The number of ether oxygens (including phenoxy) is 1. The summed E-state index contributed by atoms with van der Waals surface area (Å²) in [6, 6.07) is 20.1. The lowest BCUT2D eigenvalue weighted by Gasteiger charge is -2.30. The van der Waals surface area contributed by atoms with Crippen LogP contribution in [0.2, 0.25) is 0 Å². The van der Waals surface area contributed by atoms with E-state index in [1.54, 1.807) is 0 Å². The van der Waals surface area contributed by atoms with E-state index in [1.165, 1.54) is 33.5 Å². The van der Waals surface area contributed by atoms with Crippen molar-refractivity contribution >= 4 is 0 Å². The van der Waals surface area contributed by atoms with Crippen LogP contribution in [0.3, 0.4) is 0 Å². The molecule has 32 heavy (non-hydrogen) atoms. The zero-order chi connectivity index (χ0) is 22.3. The molecule has 0 aliphatic carbocycles. The van der Waals surface area contributed by atoms with Gasteiger partial charge in [0.2, 0.25) is 0 Å². The Morgan fingerprint density at radius 3 is 2.50 bits per heavy atom. The predicted molar refractivity (Wildman–Crippen MR) is 132 cm³/mol. The normalized spacial score (nSPS) is 14.9. The minimum atomic E-state index is 0.857. The van der Waals surface area contributed by atoms with E-state index in [4.69, 9.17) is 4.74 Å². The molecule has 4 rings (SSSR count). The van der Waals surface area contributed by atoms with E-state index in [1.807, 2.05) is 0 Å². The maximum absolute atomic E-state index is 5.54. The molecule has 0 N–H and O–H groups in total. The average molecular weight is 432 g/mol. The van der Waals surface area contributed by atoms with Gasteiger partial charge in [0.1, 0.15) is 0 Å². The highest BCUT2D eigenvalue weighted by atomic mass is 16.5. The fourth-order valence-corrected chi connectivity index (χ4v) is 4.52. The summed E-state index contributed by atoms with van der Waals surface area (Å²) in [5.41, 5.74) is 8.20. The molecule has 3 aromatic rings. The molecule has 0 amide bonds. The molecule has 0 unspecified atom stereocenters. The van der Waals surface area contributed by atoms with Gasteiger partial charge in [-0.2, -0.15) is 0 Å². The van der Waals surface area contributed by atoms with Crippen molar-refractivity contribution in [2.45, 2.75) is 40.4 Å². The third-order valence-corrected chi connectivity index (χ3v) is 6.48. The third kappa shape index (κ3) is 6.32. The Kier molecular flexibility index (Phi) is 7.80. The standard InChI is InChI=1S/C28H37N3O/c1-23-6-4-7-26(18-23)20-31-11-5-8-28(31)22-30(13-12-29-14-16-32-17-15-29)21-27-19-24(2)9-10-25(27)3/h4-11,18-19H,12-17,20-22H2,1-3H3. The molecule has 170 valence electrons. The summed E-state index contributed by atoms with van der Waals surface area (Å²) < 4.78 is 7.94. The van der Waals surface area contributed by atoms with Gasteiger partial charge in [0.15, 0.2) is 0 Å². The number of morpholine rings is 1. The first-order valence-corrected chi connectivity index (χ1v) is 11.8. The Balaban J connectivity index is 1.49. The molecular weight excluding hydrogens is 394 g/mol. The van der Waals surface area contributed by atoms with Crippen LogP contribution in [0.4, 0.5) is 0 Å². The predicted octanol–water partition coefficient (Wildman–Crippen LogP) is 4.80. The Labute approximate surface area is 193 Å². The van der Waals surface area contributed by atoms with Gasteiger partial charge >= 0.3 is 0 Å². The van der Waals surface area contributed by atoms with Gasteiger partial charge in [-0.25, -0.2) is 0 Å². The van der Waals surface area contributed by atoms with Gasteiger partial charge in [-0.1, -0.05) is 53.6 Å². The van der Waals surface area contributed by atoms with Crippen LogP contribution in [0.25, 0.3) is 0 Å². The molecule has 1 aliphatic heterocycles. The Hall–Kier alpha value is -2.40. The maximum Gasteiger partial charge on any atom is 0.0594 e.